The molecule has 0 aliphatic carbocycles. The van der Waals surface area contributed by atoms with Gasteiger partial charge in [0.25, 0.3) is 5.69 Å². The molecular weight excluding hydrogens is 254 g/mol. The van der Waals surface area contributed by atoms with Crippen LogP contribution in [0.15, 0.2) is 12.1 Å². The van der Waals surface area contributed by atoms with Crippen LogP contribution in [0.3, 0.4) is 0 Å². The van der Waals surface area contributed by atoms with Gasteiger partial charge in [0.15, 0.2) is 11.5 Å². The third kappa shape index (κ3) is 3.73. The molecule has 0 fully saturated rings. The fourth-order valence-electron chi connectivity index (χ4n) is 1.48. The summed E-state index contributed by atoms with van der Waals surface area (Å²) in [7, 11) is 2.82. The molecule has 0 aromatic heterocycles. The Labute approximate surface area is 109 Å². The predicted molar refractivity (Wildman–Crippen MR) is 68.5 cm³/mol. The topological polar surface area (TPSA) is 117 Å². The third-order valence-electron chi connectivity index (χ3n) is 2.39. The van der Waals surface area contributed by atoms with Crippen LogP contribution in [-0.4, -0.2) is 31.6 Å². The molecule has 0 saturated heterocycles. The van der Waals surface area contributed by atoms with Crippen molar-refractivity contribution in [3.63, 3.8) is 0 Å². The Hall–Kier alpha value is -2.51. The fourth-order valence-corrected chi connectivity index (χ4v) is 1.48. The number of carbonyl (C=O) groups is 1. The molecule has 19 heavy (non-hydrogen) atoms. The molecule has 8 nitrogen and oxygen atoms in total. The highest BCUT2D eigenvalue weighted by atomic mass is 16.6. The van der Waals surface area contributed by atoms with E-state index < -0.39 is 10.8 Å². The van der Waals surface area contributed by atoms with Crippen LogP contribution >= 0.6 is 0 Å². The monoisotopic (exact) mass is 269 g/mol. The Morgan fingerprint density at radius 2 is 1.95 bits per heavy atom. The molecule has 0 heterocycles. The standard InChI is InChI=1S/C11H15N3O5/c1-18-9-5-7(13-4-3-11(12)15)8(14(16)17)6-10(9)19-2/h5-6,13H,3-4H2,1-2H3,(H2,12,15). The second kappa shape index (κ2) is 6.43. The number of nitrogens with one attached hydrogen (secondary N) is 1. The number of anilines is 1. The van der Waals surface area contributed by atoms with Gasteiger partial charge in [0.1, 0.15) is 5.69 Å². The smallest absolute Gasteiger partial charge is 0.296 e. The molecule has 3 N–H and O–H groups in total. The first kappa shape index (κ1) is 14.6. The zero-order valence-corrected chi connectivity index (χ0v) is 10.6. The van der Waals surface area contributed by atoms with Gasteiger partial charge in [0.2, 0.25) is 5.91 Å². The summed E-state index contributed by atoms with van der Waals surface area (Å²) < 4.78 is 10.1. The Kier molecular flexibility index (Phi) is 4.92. The van der Waals surface area contributed by atoms with Crippen molar-refractivity contribution in [1.82, 2.24) is 0 Å². The molecule has 8 heteroatoms. The lowest BCUT2D eigenvalue weighted by Crippen LogP contribution is -2.16. The normalized spacial score (nSPS) is 9.79. The van der Waals surface area contributed by atoms with Gasteiger partial charge in [-0.25, -0.2) is 0 Å². The number of nitro benzene ring substituents is 1. The average molecular weight is 269 g/mol. The summed E-state index contributed by atoms with van der Waals surface area (Å²) in [5.74, 6) is 0.125. The molecule has 0 aliphatic rings. The van der Waals surface area contributed by atoms with Crippen LogP contribution in [-0.2, 0) is 4.79 Å². The molecule has 1 aromatic carbocycles. The van der Waals surface area contributed by atoms with Crippen molar-refractivity contribution in [3.8, 4) is 11.5 Å². The van der Waals surface area contributed by atoms with Gasteiger partial charge in [0, 0.05) is 19.0 Å². The largest absolute Gasteiger partial charge is 0.493 e. The SMILES string of the molecule is COc1cc(NCCC(N)=O)c([N+](=O)[O-])cc1OC. The van der Waals surface area contributed by atoms with Crippen LogP contribution in [0.1, 0.15) is 6.42 Å². The van der Waals surface area contributed by atoms with Crippen molar-refractivity contribution in [3.05, 3.63) is 22.2 Å². The number of hydrogen-bond acceptors (Lipinski definition) is 6. The third-order valence-corrected chi connectivity index (χ3v) is 2.39. The summed E-state index contributed by atoms with van der Waals surface area (Å²) in [4.78, 5) is 21.1. The zero-order valence-electron chi connectivity index (χ0n) is 10.6. The van der Waals surface area contributed by atoms with Crippen LogP contribution in [0.5, 0.6) is 11.5 Å². The van der Waals surface area contributed by atoms with Gasteiger partial charge in [0.05, 0.1) is 25.2 Å². The van der Waals surface area contributed by atoms with Crippen molar-refractivity contribution in [1.29, 1.82) is 0 Å². The van der Waals surface area contributed by atoms with Crippen molar-refractivity contribution in [2.75, 3.05) is 26.1 Å². The summed E-state index contributed by atoms with van der Waals surface area (Å²) in [6, 6.07) is 2.70. The average Bonchev–Trinajstić information content (AvgIpc) is 2.37. The second-order valence-electron chi connectivity index (χ2n) is 3.62. The minimum Gasteiger partial charge on any atom is -0.493 e. The Bertz CT molecular complexity index is 489. The van der Waals surface area contributed by atoms with E-state index in [2.05, 4.69) is 5.32 Å². The van der Waals surface area contributed by atoms with Gasteiger partial charge >= 0.3 is 0 Å². The number of benzene rings is 1. The van der Waals surface area contributed by atoms with E-state index in [-0.39, 0.29) is 30.1 Å². The molecule has 0 unspecified atom stereocenters. The number of methoxy groups -OCH3 is 2. The minimum atomic E-state index is -0.547. The van der Waals surface area contributed by atoms with E-state index >= 15 is 0 Å². The lowest BCUT2D eigenvalue weighted by molar-refractivity contribution is -0.384. The first-order valence-electron chi connectivity index (χ1n) is 5.42. The molecular formula is C11H15N3O5. The summed E-state index contributed by atoms with van der Waals surface area (Å²) in [5.41, 5.74) is 5.07. The van der Waals surface area contributed by atoms with E-state index in [1.807, 2.05) is 0 Å². The van der Waals surface area contributed by atoms with E-state index in [0.29, 0.717) is 5.75 Å². The predicted octanol–water partition coefficient (Wildman–Crippen LogP) is 0.899. The summed E-state index contributed by atoms with van der Waals surface area (Å²) >= 11 is 0. The maximum Gasteiger partial charge on any atom is 0.296 e. The number of rotatable bonds is 7. The zero-order chi connectivity index (χ0) is 14.4. The van der Waals surface area contributed by atoms with Crippen LogP contribution < -0.4 is 20.5 Å². The van der Waals surface area contributed by atoms with Gasteiger partial charge in [-0.3, -0.25) is 14.9 Å². The van der Waals surface area contributed by atoms with Crippen molar-refractivity contribution in [2.24, 2.45) is 5.73 Å². The lowest BCUT2D eigenvalue weighted by Gasteiger charge is -2.11. The molecule has 0 spiro atoms. The highest BCUT2D eigenvalue weighted by molar-refractivity contribution is 5.75. The Balaban J connectivity index is 3.05. The van der Waals surface area contributed by atoms with E-state index in [1.165, 1.54) is 26.4 Å². The maximum atomic E-state index is 11.0. The minimum absolute atomic E-state index is 0.0749. The van der Waals surface area contributed by atoms with Crippen LogP contribution in [0.25, 0.3) is 0 Å². The van der Waals surface area contributed by atoms with Crippen molar-refractivity contribution >= 4 is 17.3 Å². The number of amides is 1. The molecule has 1 aromatic rings. The van der Waals surface area contributed by atoms with E-state index in [0.717, 1.165) is 0 Å². The molecule has 0 atom stereocenters. The fraction of sp³-hybridized carbons (Fsp3) is 0.364. The number of nitro groups is 1. The number of ether oxygens (including phenoxy) is 2. The maximum absolute atomic E-state index is 11.0. The highest BCUT2D eigenvalue weighted by Crippen LogP contribution is 2.37. The van der Waals surface area contributed by atoms with Gasteiger partial charge in [-0.15, -0.1) is 0 Å². The number of primary amides is 1. The summed E-state index contributed by atoms with van der Waals surface area (Å²) in [5, 5.41) is 13.7. The van der Waals surface area contributed by atoms with Crippen LogP contribution in [0.2, 0.25) is 0 Å². The van der Waals surface area contributed by atoms with Crippen molar-refractivity contribution < 1.29 is 19.2 Å². The molecule has 104 valence electrons. The molecule has 0 radical (unpaired) electrons. The van der Waals surface area contributed by atoms with E-state index in [1.54, 1.807) is 0 Å². The lowest BCUT2D eigenvalue weighted by atomic mass is 10.2. The van der Waals surface area contributed by atoms with Gasteiger partial charge < -0.3 is 20.5 Å². The Morgan fingerprint density at radius 3 is 2.42 bits per heavy atom. The van der Waals surface area contributed by atoms with Gasteiger partial charge in [-0.1, -0.05) is 0 Å². The highest BCUT2D eigenvalue weighted by Gasteiger charge is 2.19. The molecule has 1 amide bonds. The Morgan fingerprint density at radius 1 is 1.37 bits per heavy atom. The molecule has 1 rings (SSSR count). The van der Waals surface area contributed by atoms with Gasteiger partial charge in [-0.05, 0) is 0 Å². The molecule has 0 saturated carbocycles. The van der Waals surface area contributed by atoms with Gasteiger partial charge in [-0.2, -0.15) is 0 Å². The van der Waals surface area contributed by atoms with E-state index in [4.69, 9.17) is 15.2 Å². The van der Waals surface area contributed by atoms with Crippen molar-refractivity contribution in [2.45, 2.75) is 6.42 Å². The van der Waals surface area contributed by atoms with E-state index in [9.17, 15) is 14.9 Å². The molecule has 0 aliphatic heterocycles. The summed E-state index contributed by atoms with van der Waals surface area (Å²) in [6.45, 7) is 0.200. The number of nitrogens with zero attached hydrogens (tertiary/aromatic N) is 1. The molecule has 0 bridgehead atoms. The number of nitrogens with two attached hydrogens (primary N) is 1. The van der Waals surface area contributed by atoms with Crippen LogP contribution in [0, 0.1) is 10.1 Å². The summed E-state index contributed by atoms with van der Waals surface area (Å²) in [6.07, 6.45) is 0.0749. The quantitative estimate of drug-likeness (QED) is 0.561. The second-order valence-corrected chi connectivity index (χ2v) is 3.62. The van der Waals surface area contributed by atoms with Crippen LogP contribution in [0.4, 0.5) is 11.4 Å². The first-order chi connectivity index (χ1) is 8.99. The number of hydrogen-bond donors (Lipinski definition) is 2. The first-order valence-corrected chi connectivity index (χ1v) is 5.42. The number of carbonyl (C=O) groups excluding carboxylic acids is 1.